The lowest BCUT2D eigenvalue weighted by Gasteiger charge is -2.44. The number of nitrogens with one attached hydrogen (secondary N) is 1. The van der Waals surface area contributed by atoms with Crippen LogP contribution in [0.2, 0.25) is 0 Å². The largest absolute Gasteiger partial charge is 0.606 e. The first kappa shape index (κ1) is 9.49. The summed E-state index contributed by atoms with van der Waals surface area (Å²) in [6.07, 6.45) is 3.26. The summed E-state index contributed by atoms with van der Waals surface area (Å²) in [7, 11) is 0. The Hall–Kier alpha value is -1.06. The van der Waals surface area contributed by atoms with Crippen LogP contribution >= 0.6 is 0 Å². The predicted octanol–water partition coefficient (Wildman–Crippen LogP) is 2.51. The normalized spacial score (nSPS) is 20.4. The van der Waals surface area contributed by atoms with Crippen molar-refractivity contribution in [2.45, 2.75) is 19.3 Å². The van der Waals surface area contributed by atoms with Crippen molar-refractivity contribution in [1.82, 2.24) is 0 Å². The lowest BCUT2D eigenvalue weighted by atomic mass is 10.1. The Kier molecular flexibility index (Phi) is 2.70. The third kappa shape index (κ3) is 2.25. The molecule has 76 valence electrons. The molecule has 1 heterocycles. The predicted molar refractivity (Wildman–Crippen MR) is 57.3 cm³/mol. The van der Waals surface area contributed by atoms with Crippen LogP contribution in [0.5, 0.6) is 0 Å². The first-order valence-electron chi connectivity index (χ1n) is 5.20. The lowest BCUT2D eigenvalue weighted by molar-refractivity contribution is -0.863. The van der Waals surface area contributed by atoms with E-state index in [2.05, 4.69) is 5.43 Å². The number of nitrogens with zero attached hydrogens (tertiary/aromatic N) is 1. The van der Waals surface area contributed by atoms with E-state index in [1.807, 2.05) is 30.3 Å². The summed E-state index contributed by atoms with van der Waals surface area (Å²) >= 11 is 0. The van der Waals surface area contributed by atoms with Gasteiger partial charge in [-0.05, 0) is 31.4 Å². The molecule has 1 aromatic rings. The Morgan fingerprint density at radius 3 is 2.29 bits per heavy atom. The molecule has 1 fully saturated rings. The summed E-state index contributed by atoms with van der Waals surface area (Å²) in [5.74, 6) is 0. The van der Waals surface area contributed by atoms with E-state index in [0.29, 0.717) is 13.1 Å². The second-order valence-electron chi connectivity index (χ2n) is 3.88. The highest BCUT2D eigenvalue weighted by atomic mass is 16.6. The summed E-state index contributed by atoms with van der Waals surface area (Å²) in [5, 5.41) is 12.1. The van der Waals surface area contributed by atoms with Crippen LogP contribution in [0.1, 0.15) is 19.3 Å². The number of hydrogen-bond acceptors (Lipinski definition) is 2. The van der Waals surface area contributed by atoms with Crippen molar-refractivity contribution in [1.29, 1.82) is 0 Å². The van der Waals surface area contributed by atoms with Crippen molar-refractivity contribution in [3.8, 4) is 0 Å². The van der Waals surface area contributed by atoms with Crippen LogP contribution in [0.4, 0.5) is 5.69 Å². The van der Waals surface area contributed by atoms with Gasteiger partial charge in [-0.2, -0.15) is 0 Å². The zero-order valence-corrected chi connectivity index (χ0v) is 8.28. The van der Waals surface area contributed by atoms with Gasteiger partial charge in [0, 0.05) is 0 Å². The fourth-order valence-corrected chi connectivity index (χ4v) is 1.88. The molecule has 0 atom stereocenters. The van der Waals surface area contributed by atoms with Gasteiger partial charge >= 0.3 is 0 Å². The van der Waals surface area contributed by atoms with Crippen LogP contribution in [-0.2, 0) is 0 Å². The number of hydrogen-bond donors (Lipinski definition) is 1. The summed E-state index contributed by atoms with van der Waals surface area (Å²) < 4.78 is -0.260. The molecule has 2 rings (SSSR count). The number of para-hydroxylation sites is 1. The van der Waals surface area contributed by atoms with E-state index in [0.717, 1.165) is 18.5 Å². The molecule has 3 heteroatoms. The zero-order chi connectivity index (χ0) is 9.86. The standard InChI is InChI=1S/C11H16N2O/c14-13(9-5-2-6-10-13)12-11-7-3-1-4-8-11/h1,3-4,7-8,12H,2,5-6,9-10H2. The second-order valence-corrected chi connectivity index (χ2v) is 3.88. The lowest BCUT2D eigenvalue weighted by Crippen LogP contribution is -2.50. The van der Waals surface area contributed by atoms with Crippen molar-refractivity contribution in [2.24, 2.45) is 0 Å². The van der Waals surface area contributed by atoms with Gasteiger partial charge in [0.05, 0.1) is 5.69 Å². The summed E-state index contributed by atoms with van der Waals surface area (Å²) in [4.78, 5) is 0. The number of piperidine rings is 1. The number of quaternary nitrogens is 1. The van der Waals surface area contributed by atoms with Gasteiger partial charge in [0.1, 0.15) is 13.1 Å². The van der Waals surface area contributed by atoms with Crippen LogP contribution < -0.4 is 5.43 Å². The molecule has 0 unspecified atom stereocenters. The fraction of sp³-hybridized carbons (Fsp3) is 0.455. The highest BCUT2D eigenvalue weighted by Crippen LogP contribution is 2.19. The van der Waals surface area contributed by atoms with Gasteiger partial charge in [-0.25, -0.2) is 5.43 Å². The minimum atomic E-state index is -0.260. The molecule has 1 saturated heterocycles. The number of rotatable bonds is 2. The van der Waals surface area contributed by atoms with Crippen LogP contribution in [0.15, 0.2) is 30.3 Å². The average molecular weight is 192 g/mol. The van der Waals surface area contributed by atoms with Crippen molar-refractivity contribution >= 4 is 5.69 Å². The van der Waals surface area contributed by atoms with Crippen molar-refractivity contribution in [3.63, 3.8) is 0 Å². The Morgan fingerprint density at radius 2 is 1.64 bits per heavy atom. The van der Waals surface area contributed by atoms with Crippen LogP contribution in [0.3, 0.4) is 0 Å². The maximum absolute atomic E-state index is 12.1. The monoisotopic (exact) mass is 192 g/mol. The summed E-state index contributed by atoms with van der Waals surface area (Å²) in [5.41, 5.74) is 3.96. The molecule has 1 aliphatic heterocycles. The summed E-state index contributed by atoms with van der Waals surface area (Å²) in [6.45, 7) is 1.38. The minimum Gasteiger partial charge on any atom is -0.606 e. The van der Waals surface area contributed by atoms with Crippen molar-refractivity contribution in [2.75, 3.05) is 18.5 Å². The van der Waals surface area contributed by atoms with E-state index in [9.17, 15) is 5.21 Å². The first-order valence-corrected chi connectivity index (χ1v) is 5.20. The Balaban J connectivity index is 2.02. The summed E-state index contributed by atoms with van der Waals surface area (Å²) in [6, 6.07) is 9.71. The minimum absolute atomic E-state index is 0.260. The molecule has 14 heavy (non-hydrogen) atoms. The van der Waals surface area contributed by atoms with Gasteiger partial charge < -0.3 is 5.21 Å². The molecule has 1 aromatic carbocycles. The molecule has 1 aliphatic rings. The smallest absolute Gasteiger partial charge is 0.101 e. The molecule has 0 radical (unpaired) electrons. The molecule has 0 bridgehead atoms. The Morgan fingerprint density at radius 1 is 1.00 bits per heavy atom. The number of anilines is 1. The second kappa shape index (κ2) is 3.98. The van der Waals surface area contributed by atoms with Gasteiger partial charge in [-0.15, -0.1) is 0 Å². The van der Waals surface area contributed by atoms with Gasteiger partial charge in [-0.3, -0.25) is 4.76 Å². The van der Waals surface area contributed by atoms with Crippen molar-refractivity contribution in [3.05, 3.63) is 35.5 Å². The SMILES string of the molecule is [O-][N+]1(Nc2ccccc2)CCCCC1. The van der Waals surface area contributed by atoms with E-state index in [1.54, 1.807) is 0 Å². The van der Waals surface area contributed by atoms with Gasteiger partial charge in [0.15, 0.2) is 0 Å². The molecular formula is C11H16N2O. The molecule has 0 aromatic heterocycles. The van der Waals surface area contributed by atoms with E-state index < -0.39 is 0 Å². The molecule has 3 nitrogen and oxygen atoms in total. The number of hydroxylamine groups is 2. The van der Waals surface area contributed by atoms with E-state index in [-0.39, 0.29) is 4.76 Å². The highest BCUT2D eigenvalue weighted by molar-refractivity contribution is 5.40. The maximum Gasteiger partial charge on any atom is 0.101 e. The van der Waals surface area contributed by atoms with Gasteiger partial charge in [-0.1, -0.05) is 18.2 Å². The molecule has 0 spiro atoms. The molecule has 1 N–H and O–H groups in total. The average Bonchev–Trinajstić information content (AvgIpc) is 2.19. The highest BCUT2D eigenvalue weighted by Gasteiger charge is 2.20. The third-order valence-electron chi connectivity index (χ3n) is 2.65. The first-order chi connectivity index (χ1) is 6.79. The third-order valence-corrected chi connectivity index (χ3v) is 2.65. The van der Waals surface area contributed by atoms with Crippen molar-refractivity contribution < 1.29 is 4.76 Å². The van der Waals surface area contributed by atoms with Gasteiger partial charge in [0.2, 0.25) is 0 Å². The van der Waals surface area contributed by atoms with E-state index in [4.69, 9.17) is 0 Å². The van der Waals surface area contributed by atoms with Crippen LogP contribution in [0, 0.1) is 5.21 Å². The van der Waals surface area contributed by atoms with E-state index >= 15 is 0 Å². The zero-order valence-electron chi connectivity index (χ0n) is 8.28. The van der Waals surface area contributed by atoms with Crippen LogP contribution in [-0.4, -0.2) is 17.8 Å². The van der Waals surface area contributed by atoms with Crippen LogP contribution in [0.25, 0.3) is 0 Å². The topological polar surface area (TPSA) is 35.1 Å². The van der Waals surface area contributed by atoms with Gasteiger partial charge in [0.25, 0.3) is 0 Å². The molecule has 0 aliphatic carbocycles. The van der Waals surface area contributed by atoms with E-state index in [1.165, 1.54) is 6.42 Å². The maximum atomic E-state index is 12.1. The molecule has 0 amide bonds. The fourth-order valence-electron chi connectivity index (χ4n) is 1.88. The Labute approximate surface area is 84.5 Å². The Bertz CT molecular complexity index is 281. The molecule has 0 saturated carbocycles. The number of benzene rings is 1. The quantitative estimate of drug-likeness (QED) is 0.577. The molecular weight excluding hydrogens is 176 g/mol.